The van der Waals surface area contributed by atoms with Crippen molar-refractivity contribution in [2.45, 2.75) is 64.9 Å². The number of halogens is 2. The van der Waals surface area contributed by atoms with Gasteiger partial charge in [0.2, 0.25) is 0 Å². The second-order valence-corrected chi connectivity index (χ2v) is 10.1. The second kappa shape index (κ2) is 9.61. The van der Waals surface area contributed by atoms with E-state index in [4.69, 9.17) is 21.1 Å². The van der Waals surface area contributed by atoms with Crippen LogP contribution in [-0.2, 0) is 17.8 Å². The van der Waals surface area contributed by atoms with Gasteiger partial charge in [0, 0.05) is 30.8 Å². The first-order valence-corrected chi connectivity index (χ1v) is 12.6. The fourth-order valence-corrected chi connectivity index (χ4v) is 5.64. The largest absolute Gasteiger partial charge is 0.491 e. The zero-order valence-corrected chi connectivity index (χ0v) is 22.0. The molecule has 8 nitrogen and oxygen atoms in total. The van der Waals surface area contributed by atoms with Crippen molar-refractivity contribution in [3.8, 4) is 5.75 Å². The predicted octanol–water partition coefficient (Wildman–Crippen LogP) is 4.17. The SMILES string of the molecule is CCC1C(OC)CC(COc2cc(F)ccc2C(=O)N2Cc3nn4c(C)c(Cl)c(C)nc4c3C2)N1C. The number of benzene rings is 1. The van der Waals surface area contributed by atoms with Gasteiger partial charge < -0.3 is 14.4 Å². The minimum Gasteiger partial charge on any atom is -0.491 e. The molecule has 1 amide bonds. The highest BCUT2D eigenvalue weighted by Gasteiger charge is 2.38. The molecule has 36 heavy (non-hydrogen) atoms. The highest BCUT2D eigenvalue weighted by atomic mass is 35.5. The van der Waals surface area contributed by atoms with Crippen molar-refractivity contribution in [2.75, 3.05) is 20.8 Å². The van der Waals surface area contributed by atoms with Crippen molar-refractivity contribution in [2.24, 2.45) is 0 Å². The van der Waals surface area contributed by atoms with Gasteiger partial charge in [0.15, 0.2) is 5.65 Å². The molecule has 3 unspecified atom stereocenters. The first-order valence-electron chi connectivity index (χ1n) is 12.2. The Kier molecular flexibility index (Phi) is 6.65. The summed E-state index contributed by atoms with van der Waals surface area (Å²) in [6.45, 7) is 6.93. The molecule has 0 bridgehead atoms. The monoisotopic (exact) mass is 515 g/mol. The molecule has 1 aromatic carbocycles. The molecule has 1 fully saturated rings. The van der Waals surface area contributed by atoms with Gasteiger partial charge in [0.05, 0.1) is 46.9 Å². The van der Waals surface area contributed by atoms with E-state index in [1.165, 1.54) is 18.2 Å². The Balaban J connectivity index is 1.35. The maximum absolute atomic E-state index is 14.2. The molecule has 4 heterocycles. The van der Waals surface area contributed by atoms with E-state index >= 15 is 0 Å². The third-order valence-electron chi connectivity index (χ3n) is 7.60. The first-order chi connectivity index (χ1) is 17.2. The van der Waals surface area contributed by atoms with Gasteiger partial charge >= 0.3 is 0 Å². The Morgan fingerprint density at radius 2 is 2.06 bits per heavy atom. The van der Waals surface area contributed by atoms with Gasteiger partial charge in [-0.1, -0.05) is 18.5 Å². The molecule has 0 saturated carbocycles. The van der Waals surface area contributed by atoms with Crippen LogP contribution in [-0.4, -0.2) is 69.3 Å². The number of nitrogens with zero attached hydrogens (tertiary/aromatic N) is 5. The Bertz CT molecular complexity index is 1330. The number of fused-ring (bicyclic) bond motifs is 3. The number of carbonyl (C=O) groups excluding carboxylic acids is 1. The van der Waals surface area contributed by atoms with Gasteiger partial charge in [-0.2, -0.15) is 5.10 Å². The number of rotatable bonds is 6. The molecule has 2 aliphatic rings. The lowest BCUT2D eigenvalue weighted by Crippen LogP contribution is -2.38. The van der Waals surface area contributed by atoms with E-state index < -0.39 is 5.82 Å². The highest BCUT2D eigenvalue weighted by molar-refractivity contribution is 6.31. The van der Waals surface area contributed by atoms with Gasteiger partial charge in [0.25, 0.3) is 5.91 Å². The summed E-state index contributed by atoms with van der Waals surface area (Å²) < 4.78 is 27.7. The maximum Gasteiger partial charge on any atom is 0.258 e. The van der Waals surface area contributed by atoms with Crippen LogP contribution in [0, 0.1) is 19.7 Å². The molecule has 10 heteroatoms. The summed E-state index contributed by atoms with van der Waals surface area (Å²) in [5.41, 5.74) is 4.27. The number of hydrogen-bond donors (Lipinski definition) is 0. The van der Waals surface area contributed by atoms with Crippen molar-refractivity contribution in [1.82, 2.24) is 24.4 Å². The van der Waals surface area contributed by atoms with Gasteiger partial charge in [-0.3, -0.25) is 9.69 Å². The Labute approximate surface area is 214 Å². The highest BCUT2D eigenvalue weighted by Crippen LogP contribution is 2.32. The van der Waals surface area contributed by atoms with E-state index in [1.54, 1.807) is 16.5 Å². The molecule has 3 aromatic rings. The van der Waals surface area contributed by atoms with Crippen LogP contribution in [0.4, 0.5) is 4.39 Å². The van der Waals surface area contributed by atoms with Crippen LogP contribution in [0.25, 0.3) is 5.65 Å². The second-order valence-electron chi connectivity index (χ2n) is 9.67. The molecule has 5 rings (SSSR count). The minimum atomic E-state index is -0.447. The van der Waals surface area contributed by atoms with Crippen LogP contribution in [0.15, 0.2) is 18.2 Å². The lowest BCUT2D eigenvalue weighted by Gasteiger charge is -2.26. The Morgan fingerprint density at radius 3 is 2.75 bits per heavy atom. The molecular formula is C26H31ClFN5O3. The van der Waals surface area contributed by atoms with Gasteiger partial charge in [-0.05, 0) is 45.9 Å². The first kappa shape index (κ1) is 24.9. The molecule has 192 valence electrons. The van der Waals surface area contributed by atoms with Crippen molar-refractivity contribution < 1.29 is 18.7 Å². The fourth-order valence-electron chi connectivity index (χ4n) is 5.52. The maximum atomic E-state index is 14.2. The minimum absolute atomic E-state index is 0.111. The summed E-state index contributed by atoms with van der Waals surface area (Å²) in [6.07, 6.45) is 1.91. The quantitative estimate of drug-likeness (QED) is 0.490. The molecule has 2 aromatic heterocycles. The van der Waals surface area contributed by atoms with Crippen LogP contribution in [0.3, 0.4) is 0 Å². The molecule has 0 N–H and O–H groups in total. The number of carbonyl (C=O) groups is 1. The third kappa shape index (κ3) is 4.13. The summed E-state index contributed by atoms with van der Waals surface area (Å²) in [7, 11) is 3.78. The van der Waals surface area contributed by atoms with Crippen molar-refractivity contribution in [3.05, 3.63) is 57.2 Å². The molecule has 0 radical (unpaired) electrons. The summed E-state index contributed by atoms with van der Waals surface area (Å²) in [6, 6.07) is 4.48. The van der Waals surface area contributed by atoms with Crippen LogP contribution >= 0.6 is 11.6 Å². The fraction of sp³-hybridized carbons (Fsp3) is 0.500. The van der Waals surface area contributed by atoms with E-state index in [0.717, 1.165) is 35.5 Å². The number of amides is 1. The molecule has 1 saturated heterocycles. The predicted molar refractivity (Wildman–Crippen MR) is 134 cm³/mol. The molecule has 0 aliphatic carbocycles. The van der Waals surface area contributed by atoms with Crippen LogP contribution in [0.5, 0.6) is 5.75 Å². The number of likely N-dealkylation sites (tertiary alicyclic amines) is 1. The summed E-state index contributed by atoms with van der Waals surface area (Å²) in [5.74, 6) is -0.431. The molecule has 2 aliphatic heterocycles. The van der Waals surface area contributed by atoms with Crippen molar-refractivity contribution in [1.29, 1.82) is 0 Å². The van der Waals surface area contributed by atoms with Crippen molar-refractivity contribution in [3.63, 3.8) is 0 Å². The summed E-state index contributed by atoms with van der Waals surface area (Å²) >= 11 is 6.34. The molecule has 3 atom stereocenters. The smallest absolute Gasteiger partial charge is 0.258 e. The topological polar surface area (TPSA) is 72.2 Å². The van der Waals surface area contributed by atoms with E-state index in [2.05, 4.69) is 29.0 Å². The van der Waals surface area contributed by atoms with Crippen LogP contribution in [0.2, 0.25) is 5.02 Å². The van der Waals surface area contributed by atoms with Gasteiger partial charge in [0.1, 0.15) is 18.2 Å². The zero-order valence-electron chi connectivity index (χ0n) is 21.2. The summed E-state index contributed by atoms with van der Waals surface area (Å²) in [5, 5.41) is 5.24. The molecule has 0 spiro atoms. The number of ether oxygens (including phenoxy) is 2. The van der Waals surface area contributed by atoms with E-state index in [0.29, 0.717) is 42.0 Å². The van der Waals surface area contributed by atoms with Crippen molar-refractivity contribution >= 4 is 23.2 Å². The van der Waals surface area contributed by atoms with Crippen LogP contribution in [0.1, 0.15) is 52.8 Å². The Hall–Kier alpha value is -2.75. The third-order valence-corrected chi connectivity index (χ3v) is 8.15. The van der Waals surface area contributed by atoms with Gasteiger partial charge in [-0.15, -0.1) is 0 Å². The number of methoxy groups -OCH3 is 1. The number of aromatic nitrogens is 3. The van der Waals surface area contributed by atoms with Crippen LogP contribution < -0.4 is 4.74 Å². The number of likely N-dealkylation sites (N-methyl/N-ethyl adjacent to an activating group) is 1. The van der Waals surface area contributed by atoms with Gasteiger partial charge in [-0.25, -0.2) is 13.9 Å². The summed E-state index contributed by atoms with van der Waals surface area (Å²) in [4.78, 5) is 22.1. The zero-order chi connectivity index (χ0) is 25.7. The van der Waals surface area contributed by atoms with E-state index in [-0.39, 0.29) is 23.8 Å². The number of hydrogen-bond acceptors (Lipinski definition) is 6. The van der Waals surface area contributed by atoms with E-state index in [9.17, 15) is 9.18 Å². The van der Waals surface area contributed by atoms with E-state index in [1.807, 2.05) is 13.8 Å². The lowest BCUT2D eigenvalue weighted by atomic mass is 10.1. The molecular weight excluding hydrogens is 485 g/mol. The Morgan fingerprint density at radius 1 is 1.28 bits per heavy atom. The normalized spacial score (nSPS) is 22.0. The standard InChI is InChI=1S/C26H31ClFN5O3/c1-6-21-23(35-5)10-17(31(21)4)13-36-22-9-16(28)7-8-18(22)26(34)32-11-19-20(12-32)30-33-15(3)24(27)14(2)29-25(19)33/h7-9,17,21,23H,6,10-13H2,1-5H3. The average molecular weight is 516 g/mol. The lowest BCUT2D eigenvalue weighted by molar-refractivity contribution is 0.0688. The average Bonchev–Trinajstić information content (AvgIpc) is 3.52. The number of aryl methyl sites for hydroxylation is 2.